The van der Waals surface area contributed by atoms with Gasteiger partial charge in [-0.05, 0) is 26.3 Å². The van der Waals surface area contributed by atoms with Crippen molar-refractivity contribution >= 4 is 11.9 Å². The van der Waals surface area contributed by atoms with E-state index in [0.717, 1.165) is 0 Å². The maximum absolute atomic E-state index is 11.3. The van der Waals surface area contributed by atoms with Crippen molar-refractivity contribution in [2.45, 2.75) is 38.3 Å². The third-order valence-corrected chi connectivity index (χ3v) is 1.80. The van der Waals surface area contributed by atoms with Gasteiger partial charge in [-0.15, -0.1) is 0 Å². The van der Waals surface area contributed by atoms with Crippen LogP contribution in [0, 0.1) is 0 Å². The topological polar surface area (TPSA) is 116 Å². The Kier molecular flexibility index (Phi) is 6.64. The first-order valence-corrected chi connectivity index (χ1v) is 4.85. The van der Waals surface area contributed by atoms with Crippen LogP contribution in [0.25, 0.3) is 0 Å². The predicted molar refractivity (Wildman–Crippen MR) is 54.1 cm³/mol. The molecule has 0 fully saturated rings. The van der Waals surface area contributed by atoms with E-state index in [0.29, 0.717) is 19.4 Å². The Morgan fingerprint density at radius 3 is 2.53 bits per heavy atom. The lowest BCUT2D eigenvalue weighted by molar-refractivity contribution is -0.153. The molecule has 0 aliphatic heterocycles. The van der Waals surface area contributed by atoms with Gasteiger partial charge in [0, 0.05) is 0 Å². The minimum atomic E-state index is -1.01. The second-order valence-corrected chi connectivity index (χ2v) is 3.38. The number of carbonyl (C=O) groups is 2. The van der Waals surface area contributed by atoms with E-state index in [-0.39, 0.29) is 6.42 Å². The number of carboxylic acid groups (broad SMARTS) is 1. The summed E-state index contributed by atoms with van der Waals surface area (Å²) in [5.74, 6) is -1.58. The maximum atomic E-state index is 11.3. The van der Waals surface area contributed by atoms with Crippen LogP contribution < -0.4 is 11.5 Å². The molecule has 0 aromatic carbocycles. The molecule has 0 radical (unpaired) electrons. The normalized spacial score (nSPS) is 14.3. The molecular weight excluding hydrogens is 200 g/mol. The van der Waals surface area contributed by atoms with Gasteiger partial charge in [0.2, 0.25) is 0 Å². The molecule has 0 aliphatic rings. The molecule has 0 saturated carbocycles. The molecule has 0 aliphatic carbocycles. The van der Waals surface area contributed by atoms with Gasteiger partial charge in [-0.25, -0.2) is 0 Å². The average molecular weight is 218 g/mol. The number of hydrogen-bond acceptors (Lipinski definition) is 5. The largest absolute Gasteiger partial charge is 0.481 e. The molecular formula is C9H18N2O4. The number of carbonyl (C=O) groups excluding carboxylic acids is 1. The quantitative estimate of drug-likeness (QED) is 0.494. The Balaban J connectivity index is 3.85. The van der Waals surface area contributed by atoms with Crippen molar-refractivity contribution in [3.05, 3.63) is 0 Å². The third-order valence-electron chi connectivity index (χ3n) is 1.80. The van der Waals surface area contributed by atoms with Crippen molar-refractivity contribution in [1.82, 2.24) is 0 Å². The Bertz CT molecular complexity index is 220. The Hall–Kier alpha value is -1.14. The molecule has 6 heteroatoms. The van der Waals surface area contributed by atoms with Crippen molar-refractivity contribution in [1.29, 1.82) is 0 Å². The molecule has 0 aromatic heterocycles. The summed E-state index contributed by atoms with van der Waals surface area (Å²) in [5.41, 5.74) is 10.8. The summed E-state index contributed by atoms with van der Waals surface area (Å²) in [5, 5.41) is 8.44. The van der Waals surface area contributed by atoms with Crippen LogP contribution in [-0.2, 0) is 14.3 Å². The molecule has 0 amide bonds. The first kappa shape index (κ1) is 13.9. The van der Waals surface area contributed by atoms with Crippen LogP contribution in [0.1, 0.15) is 26.2 Å². The molecule has 1 unspecified atom stereocenters. The van der Waals surface area contributed by atoms with Crippen LogP contribution in [0.5, 0.6) is 0 Å². The van der Waals surface area contributed by atoms with Gasteiger partial charge in [0.15, 0.2) is 0 Å². The fourth-order valence-electron chi connectivity index (χ4n) is 1.03. The van der Waals surface area contributed by atoms with Gasteiger partial charge in [0.25, 0.3) is 0 Å². The molecule has 6 nitrogen and oxygen atoms in total. The van der Waals surface area contributed by atoms with E-state index < -0.39 is 24.1 Å². The highest BCUT2D eigenvalue weighted by molar-refractivity contribution is 5.76. The van der Waals surface area contributed by atoms with Crippen LogP contribution in [0.15, 0.2) is 0 Å². The van der Waals surface area contributed by atoms with E-state index in [9.17, 15) is 9.59 Å². The molecule has 5 N–H and O–H groups in total. The van der Waals surface area contributed by atoms with Gasteiger partial charge in [-0.2, -0.15) is 0 Å². The van der Waals surface area contributed by atoms with E-state index in [1.54, 1.807) is 0 Å². The van der Waals surface area contributed by atoms with Gasteiger partial charge < -0.3 is 21.3 Å². The Morgan fingerprint density at radius 2 is 2.07 bits per heavy atom. The molecule has 0 aromatic rings. The number of aliphatic carboxylic acids is 1. The van der Waals surface area contributed by atoms with Crippen molar-refractivity contribution in [2.24, 2.45) is 11.5 Å². The second-order valence-electron chi connectivity index (χ2n) is 3.38. The van der Waals surface area contributed by atoms with Crippen molar-refractivity contribution in [3.8, 4) is 0 Å². The highest BCUT2D eigenvalue weighted by atomic mass is 16.5. The Morgan fingerprint density at radius 1 is 1.47 bits per heavy atom. The zero-order valence-corrected chi connectivity index (χ0v) is 8.81. The molecule has 88 valence electrons. The summed E-state index contributed by atoms with van der Waals surface area (Å²) in [6.45, 7) is 1.98. The minimum absolute atomic E-state index is 0.213. The monoisotopic (exact) mass is 218 g/mol. The van der Waals surface area contributed by atoms with E-state index in [4.69, 9.17) is 21.3 Å². The summed E-state index contributed by atoms with van der Waals surface area (Å²) >= 11 is 0. The van der Waals surface area contributed by atoms with Crippen LogP contribution in [0.3, 0.4) is 0 Å². The fourth-order valence-corrected chi connectivity index (χ4v) is 1.03. The Labute approximate surface area is 88.6 Å². The number of carboxylic acids is 1. The highest BCUT2D eigenvalue weighted by Crippen LogP contribution is 2.02. The summed E-state index contributed by atoms with van der Waals surface area (Å²) in [6.07, 6.45) is 0.229. The molecule has 0 heterocycles. The lowest BCUT2D eigenvalue weighted by Gasteiger charge is -2.15. The smallest absolute Gasteiger partial charge is 0.323 e. The van der Waals surface area contributed by atoms with Gasteiger partial charge in [-0.3, -0.25) is 9.59 Å². The number of esters is 1. The standard InChI is InChI=1S/C9H18N2O4/c1-6(5-8(12)13)15-9(14)7(11)3-2-4-10/h6-7H,2-5,10-11H2,1H3,(H,12,13)/t6?,7-/m1/s1. The van der Waals surface area contributed by atoms with Gasteiger partial charge in [0.1, 0.15) is 12.1 Å². The molecule has 0 rings (SSSR count). The predicted octanol–water partition coefficient (Wildman–Crippen LogP) is -0.541. The minimum Gasteiger partial charge on any atom is -0.481 e. The first-order valence-electron chi connectivity index (χ1n) is 4.85. The van der Waals surface area contributed by atoms with E-state index in [2.05, 4.69) is 0 Å². The zero-order valence-electron chi connectivity index (χ0n) is 8.81. The van der Waals surface area contributed by atoms with E-state index in [1.165, 1.54) is 6.92 Å². The number of nitrogens with two attached hydrogens (primary N) is 2. The van der Waals surface area contributed by atoms with E-state index in [1.807, 2.05) is 0 Å². The zero-order chi connectivity index (χ0) is 11.8. The van der Waals surface area contributed by atoms with Crippen molar-refractivity contribution in [3.63, 3.8) is 0 Å². The molecule has 2 atom stereocenters. The SMILES string of the molecule is CC(CC(=O)O)OC(=O)[C@H](N)CCCN. The van der Waals surface area contributed by atoms with E-state index >= 15 is 0 Å². The van der Waals surface area contributed by atoms with Gasteiger partial charge in [-0.1, -0.05) is 0 Å². The third kappa shape index (κ3) is 6.87. The second kappa shape index (κ2) is 7.19. The number of hydrogen-bond donors (Lipinski definition) is 3. The molecule has 15 heavy (non-hydrogen) atoms. The lowest BCUT2D eigenvalue weighted by Crippen LogP contribution is -2.35. The number of ether oxygens (including phenoxy) is 1. The lowest BCUT2D eigenvalue weighted by atomic mass is 10.1. The average Bonchev–Trinajstić information content (AvgIpc) is 2.12. The van der Waals surface area contributed by atoms with Crippen molar-refractivity contribution < 1.29 is 19.4 Å². The number of rotatable bonds is 7. The van der Waals surface area contributed by atoms with Gasteiger partial charge >= 0.3 is 11.9 Å². The van der Waals surface area contributed by atoms with Crippen LogP contribution in [0.2, 0.25) is 0 Å². The molecule has 0 bridgehead atoms. The van der Waals surface area contributed by atoms with Crippen LogP contribution >= 0.6 is 0 Å². The summed E-state index contributed by atoms with van der Waals surface area (Å²) in [7, 11) is 0. The fraction of sp³-hybridized carbons (Fsp3) is 0.778. The molecule has 0 saturated heterocycles. The van der Waals surface area contributed by atoms with Crippen molar-refractivity contribution in [2.75, 3.05) is 6.54 Å². The first-order chi connectivity index (χ1) is 6.97. The van der Waals surface area contributed by atoms with Crippen LogP contribution in [-0.4, -0.2) is 35.7 Å². The summed E-state index contributed by atoms with van der Waals surface area (Å²) in [4.78, 5) is 21.6. The van der Waals surface area contributed by atoms with Crippen LogP contribution in [0.4, 0.5) is 0 Å². The summed E-state index contributed by atoms with van der Waals surface area (Å²) in [6, 6.07) is -0.718. The van der Waals surface area contributed by atoms with Gasteiger partial charge in [0.05, 0.1) is 6.42 Å². The summed E-state index contributed by atoms with van der Waals surface area (Å²) < 4.78 is 4.83. The molecule has 0 spiro atoms. The maximum Gasteiger partial charge on any atom is 0.323 e. The highest BCUT2D eigenvalue weighted by Gasteiger charge is 2.18.